The first kappa shape index (κ1) is 33.4. The topological polar surface area (TPSA) is 25.8 Å². The summed E-state index contributed by atoms with van der Waals surface area (Å²) in [5.74, 6) is 0.708. The molecule has 0 aliphatic heterocycles. The van der Waals surface area contributed by atoms with Crippen LogP contribution in [0.3, 0.4) is 0 Å². The van der Waals surface area contributed by atoms with E-state index in [1.807, 2.05) is 29.5 Å². The second-order valence-corrected chi connectivity index (χ2v) is 16.1. The Bertz CT molecular complexity index is 3090. The average Bonchev–Trinajstić information content (AvgIpc) is 3.79. The minimum atomic E-state index is -0.308. The molecule has 2 heterocycles. The molecule has 57 heavy (non-hydrogen) atoms. The summed E-state index contributed by atoms with van der Waals surface area (Å²) < 4.78 is 2.64. The predicted octanol–water partition coefficient (Wildman–Crippen LogP) is 14.5. The monoisotopic (exact) mass is 744 g/mol. The summed E-state index contributed by atoms with van der Waals surface area (Å²) in [7, 11) is 0. The number of thiophene rings is 1. The van der Waals surface area contributed by atoms with E-state index in [-0.39, 0.29) is 5.41 Å². The first-order chi connectivity index (χ1) is 28.1. The van der Waals surface area contributed by atoms with E-state index in [2.05, 4.69) is 189 Å². The smallest absolute Gasteiger partial charge is 0.160 e. The molecule has 8 aromatic carbocycles. The van der Waals surface area contributed by atoms with Gasteiger partial charge < -0.3 is 0 Å². The van der Waals surface area contributed by atoms with Gasteiger partial charge in [0.2, 0.25) is 0 Å². The average molecular weight is 745 g/mol. The molecule has 0 bridgehead atoms. The molecule has 268 valence electrons. The van der Waals surface area contributed by atoms with Gasteiger partial charge in [-0.1, -0.05) is 170 Å². The second-order valence-electron chi connectivity index (χ2n) is 15.1. The zero-order chi connectivity index (χ0) is 37.9. The Morgan fingerprint density at radius 3 is 1.61 bits per heavy atom. The number of aromatic nitrogens is 2. The molecule has 10 aromatic rings. The maximum Gasteiger partial charge on any atom is 0.160 e. The summed E-state index contributed by atoms with van der Waals surface area (Å²) in [6, 6.07) is 72.3. The van der Waals surface area contributed by atoms with E-state index < -0.39 is 0 Å². The fraction of sp³-hybridized carbons (Fsp3) is 0.0370. The van der Waals surface area contributed by atoms with Crippen LogP contribution in [-0.4, -0.2) is 9.97 Å². The highest BCUT2D eigenvalue weighted by Crippen LogP contribution is 2.54. The van der Waals surface area contributed by atoms with Crippen LogP contribution >= 0.6 is 11.3 Å². The molecular formula is C54H36N2S. The molecule has 0 spiro atoms. The molecule has 0 N–H and O–H groups in total. The molecule has 0 saturated heterocycles. The maximum atomic E-state index is 5.21. The Labute approximate surface area is 336 Å². The Kier molecular flexibility index (Phi) is 7.84. The van der Waals surface area contributed by atoms with Gasteiger partial charge in [0, 0.05) is 42.3 Å². The molecule has 0 atom stereocenters. The highest BCUT2D eigenvalue weighted by molar-refractivity contribution is 7.25. The van der Waals surface area contributed by atoms with E-state index in [1.54, 1.807) is 0 Å². The van der Waals surface area contributed by atoms with Gasteiger partial charge in [-0.2, -0.15) is 0 Å². The zero-order valence-corrected chi connectivity index (χ0v) is 32.2. The van der Waals surface area contributed by atoms with Crippen LogP contribution in [0.2, 0.25) is 0 Å². The van der Waals surface area contributed by atoms with Crippen molar-refractivity contribution in [3.63, 3.8) is 0 Å². The number of rotatable bonds is 6. The van der Waals surface area contributed by atoms with Crippen molar-refractivity contribution in [1.82, 2.24) is 9.97 Å². The van der Waals surface area contributed by atoms with Crippen LogP contribution in [0.15, 0.2) is 200 Å². The fourth-order valence-corrected chi connectivity index (χ4v) is 10.0. The molecule has 0 saturated carbocycles. The van der Waals surface area contributed by atoms with Gasteiger partial charge in [0.05, 0.1) is 11.4 Å². The lowest BCUT2D eigenvalue weighted by Crippen LogP contribution is -2.23. The quantitative estimate of drug-likeness (QED) is 0.169. The lowest BCUT2D eigenvalue weighted by atomic mass is 9.71. The van der Waals surface area contributed by atoms with Crippen molar-refractivity contribution in [2.75, 3.05) is 0 Å². The third-order valence-corrected chi connectivity index (χ3v) is 13.0. The molecule has 2 aromatic heterocycles. The van der Waals surface area contributed by atoms with Gasteiger partial charge >= 0.3 is 0 Å². The second kappa shape index (κ2) is 13.4. The standard InChI is InChI=1S/C54H36N2S/c1-54(47-23-10-6-19-42(47)43-20-7-11-24-48(43)54)46-22-9-5-18-41(46)39-16-13-17-40(32-39)50-34-49(55-53(56-50)37-14-3-2-4-15-37)36-28-26-35(27-29-36)38-30-31-52-45(33-38)44-21-8-12-25-51(44)57-52/h2-34H,1H3. The van der Waals surface area contributed by atoms with E-state index >= 15 is 0 Å². The molecule has 0 unspecified atom stereocenters. The van der Waals surface area contributed by atoms with E-state index in [9.17, 15) is 0 Å². The van der Waals surface area contributed by atoms with Gasteiger partial charge in [0.15, 0.2) is 5.82 Å². The van der Waals surface area contributed by atoms with Crippen LogP contribution in [0.1, 0.15) is 23.6 Å². The highest BCUT2D eigenvalue weighted by atomic mass is 32.1. The van der Waals surface area contributed by atoms with Crippen molar-refractivity contribution >= 4 is 31.5 Å². The summed E-state index contributed by atoms with van der Waals surface area (Å²) >= 11 is 1.85. The molecule has 3 heteroatoms. The summed E-state index contributed by atoms with van der Waals surface area (Å²) in [6.45, 7) is 2.39. The number of fused-ring (bicyclic) bond motifs is 6. The summed E-state index contributed by atoms with van der Waals surface area (Å²) in [5, 5.41) is 2.62. The molecule has 1 aliphatic rings. The van der Waals surface area contributed by atoms with E-state index in [1.165, 1.54) is 64.7 Å². The predicted molar refractivity (Wildman–Crippen MR) is 240 cm³/mol. The number of hydrogen-bond acceptors (Lipinski definition) is 3. The van der Waals surface area contributed by atoms with Gasteiger partial charge in [0.25, 0.3) is 0 Å². The minimum Gasteiger partial charge on any atom is -0.228 e. The SMILES string of the molecule is CC1(c2ccccc2-c2cccc(-c3cc(-c4ccc(-c5ccc6sc7ccccc7c6c5)cc4)nc(-c4ccccc4)n3)c2)c2ccccc2-c2ccccc21. The number of nitrogens with zero attached hydrogens (tertiary/aromatic N) is 2. The largest absolute Gasteiger partial charge is 0.228 e. The van der Waals surface area contributed by atoms with Crippen molar-refractivity contribution < 1.29 is 0 Å². The zero-order valence-electron chi connectivity index (χ0n) is 31.4. The molecule has 2 nitrogen and oxygen atoms in total. The van der Waals surface area contributed by atoms with Crippen molar-refractivity contribution in [3.8, 4) is 67.3 Å². The van der Waals surface area contributed by atoms with Crippen LogP contribution < -0.4 is 0 Å². The van der Waals surface area contributed by atoms with Crippen molar-refractivity contribution in [1.29, 1.82) is 0 Å². The first-order valence-electron chi connectivity index (χ1n) is 19.5. The Morgan fingerprint density at radius 1 is 0.351 bits per heavy atom. The van der Waals surface area contributed by atoms with Gasteiger partial charge in [0.1, 0.15) is 0 Å². The van der Waals surface area contributed by atoms with Crippen LogP contribution in [0.25, 0.3) is 87.5 Å². The van der Waals surface area contributed by atoms with E-state index in [4.69, 9.17) is 9.97 Å². The van der Waals surface area contributed by atoms with Gasteiger partial charge in [-0.05, 0) is 87.3 Å². The normalized spacial score (nSPS) is 12.8. The fourth-order valence-electron chi connectivity index (χ4n) is 8.96. The highest BCUT2D eigenvalue weighted by Gasteiger charge is 2.41. The molecule has 0 amide bonds. The van der Waals surface area contributed by atoms with Gasteiger partial charge in [-0.3, -0.25) is 0 Å². The lowest BCUT2D eigenvalue weighted by Gasteiger charge is -2.30. The maximum absolute atomic E-state index is 5.21. The Hall–Kier alpha value is -6.94. The van der Waals surface area contributed by atoms with Crippen LogP contribution in [-0.2, 0) is 5.41 Å². The van der Waals surface area contributed by atoms with Crippen molar-refractivity contribution in [2.24, 2.45) is 0 Å². The van der Waals surface area contributed by atoms with E-state index in [0.717, 1.165) is 33.6 Å². The first-order valence-corrected chi connectivity index (χ1v) is 20.3. The number of benzene rings is 8. The van der Waals surface area contributed by atoms with Crippen LogP contribution in [0.4, 0.5) is 0 Å². The molecule has 1 aliphatic carbocycles. The molecular weight excluding hydrogens is 709 g/mol. The molecule has 11 rings (SSSR count). The van der Waals surface area contributed by atoms with Gasteiger partial charge in [-0.25, -0.2) is 9.97 Å². The summed E-state index contributed by atoms with van der Waals surface area (Å²) in [4.78, 5) is 10.4. The minimum absolute atomic E-state index is 0.308. The van der Waals surface area contributed by atoms with Crippen molar-refractivity contribution in [3.05, 3.63) is 217 Å². The van der Waals surface area contributed by atoms with Crippen molar-refractivity contribution in [2.45, 2.75) is 12.3 Å². The Morgan fingerprint density at radius 2 is 0.877 bits per heavy atom. The summed E-state index contributed by atoms with van der Waals surface area (Å²) in [5.41, 5.74) is 15.9. The molecule has 0 fully saturated rings. The van der Waals surface area contributed by atoms with Crippen LogP contribution in [0.5, 0.6) is 0 Å². The lowest BCUT2D eigenvalue weighted by molar-refractivity contribution is 0.716. The third kappa shape index (κ3) is 5.54. The van der Waals surface area contributed by atoms with Gasteiger partial charge in [-0.15, -0.1) is 11.3 Å². The summed E-state index contributed by atoms with van der Waals surface area (Å²) in [6.07, 6.45) is 0. The molecule has 0 radical (unpaired) electrons. The van der Waals surface area contributed by atoms with E-state index in [0.29, 0.717) is 5.82 Å². The number of hydrogen-bond donors (Lipinski definition) is 0. The van der Waals surface area contributed by atoms with Crippen LogP contribution in [0, 0.1) is 0 Å². The third-order valence-electron chi connectivity index (χ3n) is 11.8. The Balaban J connectivity index is 1.00.